The van der Waals surface area contributed by atoms with Crippen molar-refractivity contribution in [2.45, 2.75) is 38.4 Å². The van der Waals surface area contributed by atoms with E-state index in [1.165, 1.54) is 0 Å². The maximum atomic E-state index is 12.3. The molecule has 0 aliphatic heterocycles. The maximum Gasteiger partial charge on any atom is 0.392 e. The summed E-state index contributed by atoms with van der Waals surface area (Å²) in [7, 11) is 0. The van der Waals surface area contributed by atoms with Crippen LogP contribution in [0.25, 0.3) is 0 Å². The summed E-state index contributed by atoms with van der Waals surface area (Å²) in [6, 6.07) is -0.257. The zero-order chi connectivity index (χ0) is 9.35. The molecule has 12 heavy (non-hydrogen) atoms. The molecule has 72 valence electrons. The normalized spacial score (nSPS) is 38.2. The molecule has 3 atom stereocenters. The van der Waals surface area contributed by atoms with Gasteiger partial charge in [0.05, 0.1) is 5.92 Å². The molecule has 0 spiro atoms. The van der Waals surface area contributed by atoms with Crippen molar-refractivity contribution in [2.24, 2.45) is 17.6 Å². The van der Waals surface area contributed by atoms with E-state index >= 15 is 0 Å². The van der Waals surface area contributed by atoms with E-state index in [2.05, 4.69) is 0 Å². The first kappa shape index (κ1) is 9.84. The molecule has 1 fully saturated rings. The quantitative estimate of drug-likeness (QED) is 0.609. The molecule has 0 aromatic carbocycles. The first-order valence-corrected chi connectivity index (χ1v) is 4.23. The Balaban J connectivity index is 2.61. The third kappa shape index (κ3) is 2.12. The highest BCUT2D eigenvalue weighted by molar-refractivity contribution is 4.83. The van der Waals surface area contributed by atoms with Crippen LogP contribution < -0.4 is 5.73 Å². The smallest absolute Gasteiger partial charge is 0.328 e. The topological polar surface area (TPSA) is 26.0 Å². The van der Waals surface area contributed by atoms with Crippen LogP contribution in [0, 0.1) is 11.8 Å². The zero-order valence-corrected chi connectivity index (χ0v) is 7.06. The van der Waals surface area contributed by atoms with Crippen molar-refractivity contribution < 1.29 is 13.2 Å². The first-order valence-electron chi connectivity index (χ1n) is 4.23. The van der Waals surface area contributed by atoms with Crippen LogP contribution in [-0.2, 0) is 0 Å². The highest BCUT2D eigenvalue weighted by atomic mass is 19.4. The summed E-state index contributed by atoms with van der Waals surface area (Å²) in [5, 5.41) is 0. The average Bonchev–Trinajstić information content (AvgIpc) is 1.92. The molecule has 0 aromatic rings. The van der Waals surface area contributed by atoms with E-state index in [1.54, 1.807) is 6.92 Å². The van der Waals surface area contributed by atoms with E-state index in [-0.39, 0.29) is 18.4 Å². The van der Waals surface area contributed by atoms with Crippen molar-refractivity contribution in [3.8, 4) is 0 Å². The number of halogens is 3. The summed E-state index contributed by atoms with van der Waals surface area (Å²) < 4.78 is 36.9. The fourth-order valence-corrected chi connectivity index (χ4v) is 1.81. The third-order valence-electron chi connectivity index (χ3n) is 2.66. The second-order valence-corrected chi connectivity index (χ2v) is 3.70. The molecule has 3 unspecified atom stereocenters. The summed E-state index contributed by atoms with van der Waals surface area (Å²) in [5.74, 6) is -1.44. The summed E-state index contributed by atoms with van der Waals surface area (Å²) in [5.41, 5.74) is 5.48. The minimum atomic E-state index is -4.06. The Labute approximate surface area is 70.1 Å². The van der Waals surface area contributed by atoms with E-state index in [1.807, 2.05) is 0 Å². The second kappa shape index (κ2) is 3.24. The summed E-state index contributed by atoms with van der Waals surface area (Å²) in [6.45, 7) is 1.66. The summed E-state index contributed by atoms with van der Waals surface area (Å²) in [4.78, 5) is 0. The molecule has 4 heteroatoms. The molecule has 1 nitrogen and oxygen atoms in total. The van der Waals surface area contributed by atoms with E-state index in [4.69, 9.17) is 5.73 Å². The van der Waals surface area contributed by atoms with Gasteiger partial charge in [-0.25, -0.2) is 0 Å². The second-order valence-electron chi connectivity index (χ2n) is 3.70. The lowest BCUT2D eigenvalue weighted by Gasteiger charge is -2.33. The van der Waals surface area contributed by atoms with Gasteiger partial charge >= 0.3 is 6.18 Å². The van der Waals surface area contributed by atoms with Gasteiger partial charge in [0.25, 0.3) is 0 Å². The largest absolute Gasteiger partial charge is 0.392 e. The molecule has 0 heterocycles. The number of alkyl halides is 3. The van der Waals surface area contributed by atoms with Crippen LogP contribution in [0.1, 0.15) is 26.2 Å². The Hall–Kier alpha value is -0.250. The molecule has 0 bridgehead atoms. The Morgan fingerprint density at radius 2 is 1.83 bits per heavy atom. The number of hydrogen-bond donors (Lipinski definition) is 1. The molecule has 1 aliphatic rings. The van der Waals surface area contributed by atoms with Gasteiger partial charge in [0.1, 0.15) is 0 Å². The van der Waals surface area contributed by atoms with Crippen molar-refractivity contribution in [1.29, 1.82) is 0 Å². The van der Waals surface area contributed by atoms with Gasteiger partial charge in [-0.2, -0.15) is 13.2 Å². The van der Waals surface area contributed by atoms with Crippen LogP contribution in [0.3, 0.4) is 0 Å². The monoisotopic (exact) mass is 181 g/mol. The van der Waals surface area contributed by atoms with Gasteiger partial charge in [-0.05, 0) is 25.2 Å². The lowest BCUT2D eigenvalue weighted by molar-refractivity contribution is -0.195. The van der Waals surface area contributed by atoms with E-state index in [0.29, 0.717) is 6.42 Å². The van der Waals surface area contributed by atoms with E-state index in [0.717, 1.165) is 6.42 Å². The lowest BCUT2D eigenvalue weighted by Crippen LogP contribution is -2.39. The Kier molecular flexibility index (Phi) is 2.66. The van der Waals surface area contributed by atoms with Crippen molar-refractivity contribution in [3.63, 3.8) is 0 Å². The average molecular weight is 181 g/mol. The van der Waals surface area contributed by atoms with E-state index < -0.39 is 12.1 Å². The summed E-state index contributed by atoms with van der Waals surface area (Å²) in [6.07, 6.45) is -2.62. The standard InChI is InChI=1S/C8H14F3N/c1-5-2-3-6(12)4-7(5)8(9,10)11/h5-7H,2-4,12H2,1H3. The first-order chi connectivity index (χ1) is 5.41. The summed E-state index contributed by atoms with van der Waals surface area (Å²) >= 11 is 0. The Morgan fingerprint density at radius 3 is 2.25 bits per heavy atom. The van der Waals surface area contributed by atoms with E-state index in [9.17, 15) is 13.2 Å². The van der Waals surface area contributed by atoms with Gasteiger partial charge in [-0.1, -0.05) is 6.92 Å². The molecule has 1 saturated carbocycles. The van der Waals surface area contributed by atoms with Crippen LogP contribution in [0.4, 0.5) is 13.2 Å². The predicted molar refractivity (Wildman–Crippen MR) is 40.5 cm³/mol. The van der Waals surface area contributed by atoms with Gasteiger partial charge in [-0.15, -0.1) is 0 Å². The third-order valence-corrected chi connectivity index (χ3v) is 2.66. The van der Waals surface area contributed by atoms with Gasteiger partial charge in [-0.3, -0.25) is 0 Å². The molecule has 0 amide bonds. The van der Waals surface area contributed by atoms with Gasteiger partial charge in [0.2, 0.25) is 0 Å². The van der Waals surface area contributed by atoms with Gasteiger partial charge in [0.15, 0.2) is 0 Å². The molecule has 2 N–H and O–H groups in total. The van der Waals surface area contributed by atoms with Gasteiger partial charge in [0, 0.05) is 6.04 Å². The molecular weight excluding hydrogens is 167 g/mol. The van der Waals surface area contributed by atoms with Crippen LogP contribution in [0.15, 0.2) is 0 Å². The minimum absolute atomic E-state index is 0.102. The molecular formula is C8H14F3N. The maximum absolute atomic E-state index is 12.3. The number of hydrogen-bond acceptors (Lipinski definition) is 1. The fraction of sp³-hybridized carbons (Fsp3) is 1.00. The van der Waals surface area contributed by atoms with Crippen molar-refractivity contribution in [1.82, 2.24) is 0 Å². The highest BCUT2D eigenvalue weighted by Crippen LogP contribution is 2.40. The molecule has 0 aromatic heterocycles. The van der Waals surface area contributed by atoms with Crippen molar-refractivity contribution in [3.05, 3.63) is 0 Å². The van der Waals surface area contributed by atoms with Crippen LogP contribution >= 0.6 is 0 Å². The van der Waals surface area contributed by atoms with Gasteiger partial charge < -0.3 is 5.73 Å². The highest BCUT2D eigenvalue weighted by Gasteiger charge is 2.45. The van der Waals surface area contributed by atoms with Crippen LogP contribution in [-0.4, -0.2) is 12.2 Å². The fourth-order valence-electron chi connectivity index (χ4n) is 1.81. The lowest BCUT2D eigenvalue weighted by atomic mass is 9.78. The predicted octanol–water partition coefficient (Wildman–Crippen LogP) is 2.31. The Morgan fingerprint density at radius 1 is 1.25 bits per heavy atom. The van der Waals surface area contributed by atoms with Crippen LogP contribution in [0.5, 0.6) is 0 Å². The zero-order valence-electron chi connectivity index (χ0n) is 7.06. The van der Waals surface area contributed by atoms with Crippen molar-refractivity contribution in [2.75, 3.05) is 0 Å². The molecule has 1 aliphatic carbocycles. The molecule has 0 saturated heterocycles. The molecule has 0 radical (unpaired) electrons. The molecule has 1 rings (SSSR count). The minimum Gasteiger partial charge on any atom is -0.328 e. The Bertz CT molecular complexity index is 155. The number of nitrogens with two attached hydrogens (primary N) is 1. The number of rotatable bonds is 0. The van der Waals surface area contributed by atoms with Crippen molar-refractivity contribution >= 4 is 0 Å². The SMILES string of the molecule is CC1CCC(N)CC1C(F)(F)F. The van der Waals surface area contributed by atoms with Crippen LogP contribution in [0.2, 0.25) is 0 Å².